The first-order valence-corrected chi connectivity index (χ1v) is 9.23. The lowest BCUT2D eigenvalue weighted by Gasteiger charge is -2.07. The van der Waals surface area contributed by atoms with Crippen LogP contribution in [0.25, 0.3) is 11.1 Å². The number of carbonyl (C=O) groups excluding carboxylic acids is 2. The summed E-state index contributed by atoms with van der Waals surface area (Å²) in [5.41, 5.74) is 3.40. The molecule has 8 heteroatoms. The zero-order valence-corrected chi connectivity index (χ0v) is 16.7. The molecule has 1 amide bonds. The van der Waals surface area contributed by atoms with Crippen LogP contribution in [-0.2, 0) is 4.74 Å². The molecule has 0 saturated heterocycles. The van der Waals surface area contributed by atoms with Crippen molar-refractivity contribution >= 4 is 40.8 Å². The summed E-state index contributed by atoms with van der Waals surface area (Å²) in [5, 5.41) is 3.28. The van der Waals surface area contributed by atoms with Crippen molar-refractivity contribution in [2.75, 3.05) is 11.9 Å². The lowest BCUT2D eigenvalue weighted by Crippen LogP contribution is -2.12. The maximum atomic E-state index is 12.4. The summed E-state index contributed by atoms with van der Waals surface area (Å²) in [6.07, 6.45) is 3.11. The summed E-state index contributed by atoms with van der Waals surface area (Å²) in [4.78, 5) is 31.2. The zero-order valence-electron chi connectivity index (χ0n) is 15.2. The van der Waals surface area contributed by atoms with Gasteiger partial charge in [-0.1, -0.05) is 35.3 Å². The molecule has 144 valence electrons. The Morgan fingerprint density at radius 1 is 1.11 bits per heavy atom. The van der Waals surface area contributed by atoms with E-state index in [4.69, 9.17) is 27.9 Å². The quantitative estimate of drug-likeness (QED) is 0.564. The largest absolute Gasteiger partial charge is 0.462 e. The summed E-state index contributed by atoms with van der Waals surface area (Å²) >= 11 is 12.1. The van der Waals surface area contributed by atoms with Gasteiger partial charge in [-0.25, -0.2) is 4.79 Å². The monoisotopic (exact) mass is 417 g/mol. The fourth-order valence-electron chi connectivity index (χ4n) is 2.59. The molecule has 0 fully saturated rings. The van der Waals surface area contributed by atoms with Crippen molar-refractivity contribution in [3.05, 3.63) is 69.7 Å². The number of aromatic nitrogens is 2. The highest BCUT2D eigenvalue weighted by Gasteiger charge is 2.18. The molecule has 2 aromatic heterocycles. The van der Waals surface area contributed by atoms with Crippen molar-refractivity contribution < 1.29 is 14.3 Å². The molecule has 0 aliphatic rings. The molecule has 0 bridgehead atoms. The molecule has 1 aromatic carbocycles. The molecular weight excluding hydrogens is 401 g/mol. The van der Waals surface area contributed by atoms with E-state index in [2.05, 4.69) is 15.3 Å². The third-order valence-electron chi connectivity index (χ3n) is 4.01. The Kier molecular flexibility index (Phi) is 6.02. The van der Waals surface area contributed by atoms with Gasteiger partial charge >= 0.3 is 5.97 Å². The first-order chi connectivity index (χ1) is 13.4. The lowest BCUT2D eigenvalue weighted by molar-refractivity contribution is 0.0526. The Bertz CT molecular complexity index is 1030. The highest BCUT2D eigenvalue weighted by Crippen LogP contribution is 2.30. The second-order valence-electron chi connectivity index (χ2n) is 5.97. The number of nitrogens with one attached hydrogen (secondary N) is 2. The average Bonchev–Trinajstić information content (AvgIpc) is 2.96. The molecule has 6 nitrogen and oxygen atoms in total. The Hall–Kier alpha value is -2.83. The number of halogens is 2. The number of ether oxygens (including phenoxy) is 1. The highest BCUT2D eigenvalue weighted by molar-refractivity contribution is 6.44. The Morgan fingerprint density at radius 2 is 1.82 bits per heavy atom. The minimum Gasteiger partial charge on any atom is -0.462 e. The molecule has 2 heterocycles. The molecule has 3 rings (SSSR count). The molecule has 3 aromatic rings. The van der Waals surface area contributed by atoms with Crippen molar-refractivity contribution in [3.63, 3.8) is 0 Å². The molecule has 0 atom stereocenters. The molecule has 0 spiro atoms. The lowest BCUT2D eigenvalue weighted by atomic mass is 10.1. The van der Waals surface area contributed by atoms with E-state index in [1.54, 1.807) is 38.2 Å². The number of rotatable bonds is 5. The van der Waals surface area contributed by atoms with E-state index in [-0.39, 0.29) is 10.7 Å². The standard InChI is InChI=1S/C20H17Cl2N3O3/c1-3-28-20(27)14-8-13(9-23-10-14)12-4-6-15(7-5-12)25-19(26)18-17(22)16(21)11(2)24-18/h4-10,24H,3H2,1-2H3,(H,25,26). The van der Waals surface area contributed by atoms with E-state index in [1.165, 1.54) is 6.20 Å². The average molecular weight is 418 g/mol. The summed E-state index contributed by atoms with van der Waals surface area (Å²) < 4.78 is 4.99. The van der Waals surface area contributed by atoms with Gasteiger partial charge in [0.2, 0.25) is 0 Å². The summed E-state index contributed by atoms with van der Waals surface area (Å²) in [6, 6.07) is 8.83. The second-order valence-corrected chi connectivity index (χ2v) is 6.72. The van der Waals surface area contributed by atoms with Crippen molar-refractivity contribution in [3.8, 4) is 11.1 Å². The minimum absolute atomic E-state index is 0.190. The van der Waals surface area contributed by atoms with Crippen molar-refractivity contribution in [1.82, 2.24) is 9.97 Å². The zero-order chi connectivity index (χ0) is 20.3. The smallest absolute Gasteiger partial charge is 0.339 e. The number of aryl methyl sites for hydroxylation is 1. The Labute approximate surface area is 171 Å². The molecule has 0 aliphatic heterocycles. The second kappa shape index (κ2) is 8.46. The van der Waals surface area contributed by atoms with E-state index >= 15 is 0 Å². The molecule has 28 heavy (non-hydrogen) atoms. The number of benzene rings is 1. The summed E-state index contributed by atoms with van der Waals surface area (Å²) in [5.74, 6) is -0.809. The van der Waals surface area contributed by atoms with E-state index < -0.39 is 11.9 Å². The van der Waals surface area contributed by atoms with Gasteiger partial charge in [-0.3, -0.25) is 9.78 Å². The van der Waals surface area contributed by atoms with Gasteiger partial charge in [0.25, 0.3) is 5.91 Å². The van der Waals surface area contributed by atoms with Crippen LogP contribution >= 0.6 is 23.2 Å². The van der Waals surface area contributed by atoms with Crippen LogP contribution in [-0.4, -0.2) is 28.5 Å². The molecular formula is C20H17Cl2N3O3. The number of amides is 1. The van der Waals surface area contributed by atoms with Crippen molar-refractivity contribution in [2.24, 2.45) is 0 Å². The number of pyridine rings is 1. The van der Waals surface area contributed by atoms with Crippen LogP contribution in [0, 0.1) is 6.92 Å². The van der Waals surface area contributed by atoms with Crippen molar-refractivity contribution in [1.29, 1.82) is 0 Å². The van der Waals surface area contributed by atoms with Gasteiger partial charge < -0.3 is 15.0 Å². The van der Waals surface area contributed by atoms with Gasteiger partial charge in [0.1, 0.15) is 5.69 Å². The number of aromatic amines is 1. The van der Waals surface area contributed by atoms with E-state index in [0.29, 0.717) is 28.6 Å². The van der Waals surface area contributed by atoms with Gasteiger partial charge in [0.15, 0.2) is 0 Å². The van der Waals surface area contributed by atoms with Gasteiger partial charge in [-0.05, 0) is 37.6 Å². The molecule has 2 N–H and O–H groups in total. The van der Waals surface area contributed by atoms with Crippen LogP contribution in [0.15, 0.2) is 42.7 Å². The van der Waals surface area contributed by atoms with Gasteiger partial charge in [-0.15, -0.1) is 0 Å². The van der Waals surface area contributed by atoms with Crippen LogP contribution in [0.3, 0.4) is 0 Å². The van der Waals surface area contributed by atoms with Crippen molar-refractivity contribution in [2.45, 2.75) is 13.8 Å². The normalized spacial score (nSPS) is 10.6. The fraction of sp³-hybridized carbons (Fsp3) is 0.150. The van der Waals surface area contributed by atoms with Gasteiger partial charge in [0, 0.05) is 29.3 Å². The number of esters is 1. The van der Waals surface area contributed by atoms with E-state index in [0.717, 1.165) is 11.1 Å². The predicted molar refractivity (Wildman–Crippen MR) is 109 cm³/mol. The molecule has 0 saturated carbocycles. The van der Waals surface area contributed by atoms with Gasteiger partial charge in [-0.2, -0.15) is 0 Å². The van der Waals surface area contributed by atoms with Crippen LogP contribution in [0.5, 0.6) is 0 Å². The maximum Gasteiger partial charge on any atom is 0.339 e. The number of hydrogen-bond acceptors (Lipinski definition) is 4. The van der Waals surface area contributed by atoms with Crippen LogP contribution in [0.4, 0.5) is 5.69 Å². The maximum absolute atomic E-state index is 12.4. The Balaban J connectivity index is 1.77. The fourth-order valence-corrected chi connectivity index (χ4v) is 3.01. The summed E-state index contributed by atoms with van der Waals surface area (Å²) in [6.45, 7) is 3.78. The van der Waals surface area contributed by atoms with Gasteiger partial charge in [0.05, 0.1) is 22.2 Å². The SMILES string of the molecule is CCOC(=O)c1cncc(-c2ccc(NC(=O)c3[nH]c(C)c(Cl)c3Cl)cc2)c1. The number of anilines is 1. The summed E-state index contributed by atoms with van der Waals surface area (Å²) in [7, 11) is 0. The number of H-pyrrole nitrogens is 1. The topological polar surface area (TPSA) is 84.1 Å². The third kappa shape index (κ3) is 4.18. The molecule has 0 radical (unpaired) electrons. The third-order valence-corrected chi connectivity index (χ3v) is 4.95. The van der Waals surface area contributed by atoms with E-state index in [9.17, 15) is 9.59 Å². The first kappa shape index (κ1) is 19.9. The molecule has 0 unspecified atom stereocenters. The minimum atomic E-state index is -0.419. The number of hydrogen-bond donors (Lipinski definition) is 2. The predicted octanol–water partition coefficient (Wildman–Crippen LogP) is 5.12. The van der Waals surface area contributed by atoms with Crippen LogP contribution in [0.2, 0.25) is 10.0 Å². The van der Waals surface area contributed by atoms with E-state index in [1.807, 2.05) is 12.1 Å². The first-order valence-electron chi connectivity index (χ1n) is 8.48. The number of carbonyl (C=O) groups is 2. The number of nitrogens with zero attached hydrogens (tertiary/aromatic N) is 1. The van der Waals surface area contributed by atoms with Crippen LogP contribution in [0.1, 0.15) is 33.5 Å². The van der Waals surface area contributed by atoms with Crippen LogP contribution < -0.4 is 5.32 Å². The Morgan fingerprint density at radius 3 is 2.43 bits per heavy atom. The highest BCUT2D eigenvalue weighted by atomic mass is 35.5. The molecule has 0 aliphatic carbocycles.